The molecule has 8 heteroatoms. The molecule has 120 valence electrons. The highest BCUT2D eigenvalue weighted by Crippen LogP contribution is 2.20. The summed E-state index contributed by atoms with van der Waals surface area (Å²) in [7, 11) is 5.06. The molecule has 1 heterocycles. The van der Waals surface area contributed by atoms with Crippen molar-refractivity contribution in [2.24, 2.45) is 5.92 Å². The van der Waals surface area contributed by atoms with Crippen molar-refractivity contribution in [2.75, 3.05) is 34.3 Å². The number of amides is 2. The molecule has 0 aliphatic carbocycles. The molecule has 0 aromatic carbocycles. The molecule has 0 radical (unpaired) electrons. The fraction of sp³-hybridized carbons (Fsp3) is 0.769. The lowest BCUT2D eigenvalue weighted by Gasteiger charge is -2.23. The monoisotopic (exact) mass is 301 g/mol. The molecule has 1 aliphatic rings. The third kappa shape index (κ3) is 4.59. The van der Waals surface area contributed by atoms with Crippen molar-refractivity contribution in [3.05, 3.63) is 0 Å². The minimum absolute atomic E-state index is 0.236. The van der Waals surface area contributed by atoms with Crippen LogP contribution in [0.15, 0.2) is 0 Å². The number of urea groups is 1. The Hall–Kier alpha value is -1.83. The Kier molecular flexibility index (Phi) is 5.95. The molecule has 0 aromatic rings. The zero-order valence-corrected chi connectivity index (χ0v) is 12.8. The van der Waals surface area contributed by atoms with Gasteiger partial charge in [-0.2, -0.15) is 0 Å². The summed E-state index contributed by atoms with van der Waals surface area (Å²) in [5.74, 6) is -1.64. The van der Waals surface area contributed by atoms with Crippen molar-refractivity contribution in [3.8, 4) is 0 Å². The summed E-state index contributed by atoms with van der Waals surface area (Å²) in [6.07, 6.45) is -0.391. The van der Waals surface area contributed by atoms with Crippen LogP contribution >= 0.6 is 0 Å². The van der Waals surface area contributed by atoms with E-state index in [0.717, 1.165) is 0 Å². The molecule has 1 saturated heterocycles. The molecule has 0 bridgehead atoms. The Morgan fingerprint density at radius 1 is 1.38 bits per heavy atom. The number of hydrogen-bond donors (Lipinski definition) is 2. The fourth-order valence-electron chi connectivity index (χ4n) is 2.48. The van der Waals surface area contributed by atoms with E-state index in [-0.39, 0.29) is 6.04 Å². The molecule has 0 spiro atoms. The molecular weight excluding hydrogens is 278 g/mol. The quantitative estimate of drug-likeness (QED) is 0.670. The normalized spacial score (nSPS) is 23.0. The third-order valence-electron chi connectivity index (χ3n) is 3.72. The lowest BCUT2D eigenvalue weighted by atomic mass is 10.1. The highest BCUT2D eigenvalue weighted by atomic mass is 16.5. The molecule has 2 amide bonds. The van der Waals surface area contributed by atoms with Gasteiger partial charge in [0.05, 0.1) is 13.5 Å². The Labute approximate surface area is 124 Å². The van der Waals surface area contributed by atoms with Crippen LogP contribution in [0.3, 0.4) is 0 Å². The summed E-state index contributed by atoms with van der Waals surface area (Å²) in [4.78, 5) is 38.0. The molecule has 1 fully saturated rings. The number of likely N-dealkylation sites (N-methyl/N-ethyl adjacent to an activating group) is 1. The van der Waals surface area contributed by atoms with Crippen molar-refractivity contribution in [1.29, 1.82) is 0 Å². The number of esters is 1. The Balaban J connectivity index is 2.62. The number of carbonyl (C=O) groups is 3. The van der Waals surface area contributed by atoms with Crippen LogP contribution in [0.25, 0.3) is 0 Å². The molecule has 1 aliphatic heterocycles. The number of carboxylic acids is 1. The van der Waals surface area contributed by atoms with Gasteiger partial charge < -0.3 is 25.0 Å². The molecule has 0 aromatic heterocycles. The van der Waals surface area contributed by atoms with E-state index in [1.165, 1.54) is 7.11 Å². The summed E-state index contributed by atoms with van der Waals surface area (Å²) in [6.45, 7) is 3.13. The first-order valence-corrected chi connectivity index (χ1v) is 6.77. The molecule has 2 unspecified atom stereocenters. The van der Waals surface area contributed by atoms with Gasteiger partial charge in [0.15, 0.2) is 0 Å². The predicted molar refractivity (Wildman–Crippen MR) is 74.8 cm³/mol. The van der Waals surface area contributed by atoms with E-state index in [4.69, 9.17) is 5.11 Å². The maximum Gasteiger partial charge on any atom is 0.326 e. The number of likely N-dealkylation sites (tertiary alicyclic amines) is 1. The van der Waals surface area contributed by atoms with E-state index in [0.29, 0.717) is 19.0 Å². The number of nitrogens with zero attached hydrogens (tertiary/aromatic N) is 2. The van der Waals surface area contributed by atoms with Gasteiger partial charge in [0.2, 0.25) is 0 Å². The Bertz CT molecular complexity index is 413. The number of carboxylic acid groups (broad SMARTS) is 1. The topological polar surface area (TPSA) is 99.2 Å². The van der Waals surface area contributed by atoms with Crippen LogP contribution in [0.4, 0.5) is 4.79 Å². The molecular formula is C13H23N3O5. The Morgan fingerprint density at radius 3 is 2.43 bits per heavy atom. The van der Waals surface area contributed by atoms with Crippen LogP contribution < -0.4 is 5.32 Å². The summed E-state index contributed by atoms with van der Waals surface area (Å²) in [5, 5.41) is 11.4. The smallest absolute Gasteiger partial charge is 0.326 e. The first kappa shape index (κ1) is 17.2. The summed E-state index contributed by atoms with van der Waals surface area (Å²) in [6, 6.07) is -1.51. The first-order chi connectivity index (χ1) is 9.76. The van der Waals surface area contributed by atoms with Crippen molar-refractivity contribution in [2.45, 2.75) is 25.4 Å². The van der Waals surface area contributed by atoms with Crippen LogP contribution in [0, 0.1) is 5.92 Å². The average molecular weight is 301 g/mol. The van der Waals surface area contributed by atoms with Crippen LogP contribution in [0.1, 0.15) is 13.3 Å². The van der Waals surface area contributed by atoms with Gasteiger partial charge in [0, 0.05) is 19.1 Å². The number of aliphatic carboxylic acids is 1. The standard InChI is InChI=1S/C13H23N3O5/c1-8-6-16(7-10(8)15(2)3)13(20)14-9(12(18)19)5-11(17)21-4/h8-10H,5-7H2,1-4H3,(H,14,20)(H,18,19)/t8?,9-,10?/m0/s1. The van der Waals surface area contributed by atoms with Gasteiger partial charge in [0.25, 0.3) is 0 Å². The third-order valence-corrected chi connectivity index (χ3v) is 3.72. The van der Waals surface area contributed by atoms with Gasteiger partial charge in [-0.05, 0) is 20.0 Å². The largest absolute Gasteiger partial charge is 0.480 e. The van der Waals surface area contributed by atoms with E-state index in [2.05, 4.69) is 10.1 Å². The zero-order chi connectivity index (χ0) is 16.2. The SMILES string of the molecule is COC(=O)C[C@H](NC(=O)N1CC(C)C(N(C)C)C1)C(=O)O. The number of rotatable bonds is 5. The lowest BCUT2D eigenvalue weighted by molar-refractivity contribution is -0.147. The molecule has 2 N–H and O–H groups in total. The van der Waals surface area contributed by atoms with E-state index in [1.54, 1.807) is 4.90 Å². The molecule has 8 nitrogen and oxygen atoms in total. The second-order valence-electron chi connectivity index (χ2n) is 5.53. The number of nitrogens with one attached hydrogen (secondary N) is 1. The van der Waals surface area contributed by atoms with Crippen molar-refractivity contribution < 1.29 is 24.2 Å². The van der Waals surface area contributed by atoms with Crippen molar-refractivity contribution in [1.82, 2.24) is 15.1 Å². The maximum atomic E-state index is 12.1. The second-order valence-corrected chi connectivity index (χ2v) is 5.53. The second kappa shape index (κ2) is 7.26. The number of ether oxygens (including phenoxy) is 1. The van der Waals surface area contributed by atoms with E-state index in [1.807, 2.05) is 25.9 Å². The average Bonchev–Trinajstić information content (AvgIpc) is 2.79. The fourth-order valence-corrected chi connectivity index (χ4v) is 2.48. The first-order valence-electron chi connectivity index (χ1n) is 6.77. The minimum atomic E-state index is -1.28. The highest BCUT2D eigenvalue weighted by Gasteiger charge is 2.35. The summed E-state index contributed by atoms with van der Waals surface area (Å²) < 4.78 is 4.43. The zero-order valence-electron chi connectivity index (χ0n) is 12.8. The predicted octanol–water partition coefficient (Wildman–Crippen LogP) is -0.406. The highest BCUT2D eigenvalue weighted by molar-refractivity contribution is 5.86. The van der Waals surface area contributed by atoms with Crippen LogP contribution in [0.2, 0.25) is 0 Å². The van der Waals surface area contributed by atoms with Gasteiger partial charge in [-0.3, -0.25) is 4.79 Å². The molecule has 1 rings (SSSR count). The van der Waals surface area contributed by atoms with Crippen molar-refractivity contribution >= 4 is 18.0 Å². The number of methoxy groups -OCH3 is 1. The molecule has 21 heavy (non-hydrogen) atoms. The van der Waals surface area contributed by atoms with Gasteiger partial charge in [-0.15, -0.1) is 0 Å². The number of hydrogen-bond acceptors (Lipinski definition) is 5. The summed E-state index contributed by atoms with van der Waals surface area (Å²) >= 11 is 0. The van der Waals surface area contributed by atoms with Gasteiger partial charge in [0.1, 0.15) is 6.04 Å². The molecule has 3 atom stereocenters. The summed E-state index contributed by atoms with van der Waals surface area (Å²) in [5.41, 5.74) is 0. The van der Waals surface area contributed by atoms with Gasteiger partial charge in [-0.25, -0.2) is 9.59 Å². The van der Waals surface area contributed by atoms with E-state index in [9.17, 15) is 14.4 Å². The van der Waals surface area contributed by atoms with E-state index >= 15 is 0 Å². The van der Waals surface area contributed by atoms with Crippen LogP contribution in [0.5, 0.6) is 0 Å². The van der Waals surface area contributed by atoms with Gasteiger partial charge >= 0.3 is 18.0 Å². The van der Waals surface area contributed by atoms with Crippen molar-refractivity contribution in [3.63, 3.8) is 0 Å². The molecule has 0 saturated carbocycles. The Morgan fingerprint density at radius 2 is 2.00 bits per heavy atom. The lowest BCUT2D eigenvalue weighted by Crippen LogP contribution is -2.48. The minimum Gasteiger partial charge on any atom is -0.480 e. The van der Waals surface area contributed by atoms with Gasteiger partial charge in [-0.1, -0.05) is 6.92 Å². The number of carbonyl (C=O) groups excluding carboxylic acids is 2. The van der Waals surface area contributed by atoms with Crippen LogP contribution in [-0.2, 0) is 14.3 Å². The maximum absolute atomic E-state index is 12.1. The van der Waals surface area contributed by atoms with E-state index < -0.39 is 30.4 Å². The van der Waals surface area contributed by atoms with Crippen LogP contribution in [-0.4, -0.2) is 79.3 Å².